The number of hydrogen-bond acceptors (Lipinski definition) is 16. The van der Waals surface area contributed by atoms with E-state index in [0.717, 1.165) is 5.56 Å². The van der Waals surface area contributed by atoms with E-state index in [9.17, 15) is 33.9 Å². The molecule has 0 saturated carbocycles. The molecule has 4 aliphatic heterocycles. The lowest BCUT2D eigenvalue weighted by molar-refractivity contribution is -0.158. The average Bonchev–Trinajstić information content (AvgIpc) is 3.21. The molecule has 4 amide bonds. The Balaban J connectivity index is 0.000000222. The van der Waals surface area contributed by atoms with Crippen LogP contribution in [0.5, 0.6) is 0 Å². The van der Waals surface area contributed by atoms with Gasteiger partial charge in [-0.2, -0.15) is 0 Å². The predicted molar refractivity (Wildman–Crippen MR) is 181 cm³/mol. The van der Waals surface area contributed by atoms with E-state index < -0.39 is 61.4 Å². The zero-order valence-corrected chi connectivity index (χ0v) is 29.8. The van der Waals surface area contributed by atoms with E-state index in [2.05, 4.69) is 30.7 Å². The number of amides is 4. The van der Waals surface area contributed by atoms with Gasteiger partial charge in [0.05, 0.1) is 73.7 Å². The first-order valence-corrected chi connectivity index (χ1v) is 17.0. The molecule has 4 saturated heterocycles. The molecule has 0 unspecified atom stereocenters. The van der Waals surface area contributed by atoms with Crippen molar-refractivity contribution in [1.82, 2.24) is 31.1 Å². The summed E-state index contributed by atoms with van der Waals surface area (Å²) in [7, 11) is 2.40. The Morgan fingerprint density at radius 3 is 2.04 bits per heavy atom. The fourth-order valence-electron chi connectivity index (χ4n) is 5.54. The predicted octanol–water partition coefficient (Wildman–Crippen LogP) is -5.13. The molecule has 4 heterocycles. The number of aliphatic hydroxyl groups is 3. The van der Waals surface area contributed by atoms with Gasteiger partial charge in [-0.15, -0.1) is 0 Å². The summed E-state index contributed by atoms with van der Waals surface area (Å²) in [5, 5.41) is 37.3. The molecular formula is C33H50N6O14. The first-order chi connectivity index (χ1) is 25.6. The van der Waals surface area contributed by atoms with Crippen molar-refractivity contribution in [3.8, 4) is 0 Å². The van der Waals surface area contributed by atoms with Crippen molar-refractivity contribution in [2.24, 2.45) is 0 Å². The third kappa shape index (κ3) is 13.0. The lowest BCUT2D eigenvalue weighted by atomic mass is 10.1. The second kappa shape index (κ2) is 22.7. The van der Waals surface area contributed by atoms with Gasteiger partial charge in [0.15, 0.2) is 12.1 Å². The molecule has 0 aliphatic carbocycles. The monoisotopic (exact) mass is 754 g/mol. The van der Waals surface area contributed by atoms with E-state index in [1.165, 1.54) is 19.1 Å². The molecule has 20 nitrogen and oxygen atoms in total. The van der Waals surface area contributed by atoms with Crippen LogP contribution in [0.15, 0.2) is 30.3 Å². The minimum atomic E-state index is -1.06. The van der Waals surface area contributed by atoms with E-state index in [-0.39, 0.29) is 50.1 Å². The molecule has 1 aromatic rings. The van der Waals surface area contributed by atoms with Gasteiger partial charge in [0.25, 0.3) is 0 Å². The molecule has 4 fully saturated rings. The molecule has 0 spiro atoms. The lowest BCUT2D eigenvalue weighted by Crippen LogP contribution is -2.67. The summed E-state index contributed by atoms with van der Waals surface area (Å²) in [6, 6.07) is 5.44. The maximum Gasteiger partial charge on any atom is 0.330 e. The highest BCUT2D eigenvalue weighted by Gasteiger charge is 2.41. The molecule has 6 atom stereocenters. The normalized spacial score (nSPS) is 23.9. The Morgan fingerprint density at radius 1 is 0.849 bits per heavy atom. The van der Waals surface area contributed by atoms with Crippen molar-refractivity contribution in [2.75, 3.05) is 93.3 Å². The highest BCUT2D eigenvalue weighted by molar-refractivity contribution is 5.97. The van der Waals surface area contributed by atoms with Gasteiger partial charge in [-0.3, -0.25) is 24.1 Å². The molecule has 20 heteroatoms. The standard InChI is InChI=1S/C16H22N2O5.C9H16N2O5.C8H12N2O4/c1-22-16(21)13(10-19)17-15(20)14-11-23-8-7-18(14)9-12-5-3-2-4-6-12;1-15-9(14)6(4-12)11-8(13)7-5-16-3-2-10-7;11-3-5-8(13)10-1-2-14-4-6(10)7(12)9-5/h2-6,13-14,19H,7-11H2,1H3,(H,17,20);6-7,10,12H,2-5H2,1H3,(H,11,13);5-6,11H,1-4H2,(H,9,12)/t13-,14-;6-,7-;5-,6-/m111/s1. The zero-order valence-electron chi connectivity index (χ0n) is 29.8. The largest absolute Gasteiger partial charge is 0.467 e. The fourth-order valence-corrected chi connectivity index (χ4v) is 5.54. The van der Waals surface area contributed by atoms with E-state index in [1.54, 1.807) is 0 Å². The fraction of sp³-hybridized carbons (Fsp3) is 0.636. The van der Waals surface area contributed by atoms with Crippen molar-refractivity contribution >= 4 is 35.6 Å². The lowest BCUT2D eigenvalue weighted by Gasteiger charge is -2.40. The van der Waals surface area contributed by atoms with Crippen LogP contribution in [0.25, 0.3) is 0 Å². The molecule has 7 N–H and O–H groups in total. The molecule has 1 aromatic carbocycles. The Bertz CT molecular complexity index is 1350. The number of carbonyl (C=O) groups is 6. The van der Waals surface area contributed by atoms with E-state index in [0.29, 0.717) is 46.0 Å². The van der Waals surface area contributed by atoms with Gasteiger partial charge in [-0.25, -0.2) is 9.59 Å². The minimum absolute atomic E-state index is 0.222. The number of nitrogens with one attached hydrogen (secondary N) is 4. The number of nitrogens with zero attached hydrogens (tertiary/aromatic N) is 2. The highest BCUT2D eigenvalue weighted by atomic mass is 16.5. The first-order valence-electron chi connectivity index (χ1n) is 17.0. The minimum Gasteiger partial charge on any atom is -0.467 e. The van der Waals surface area contributed by atoms with Gasteiger partial charge in [-0.05, 0) is 5.56 Å². The Morgan fingerprint density at radius 2 is 1.45 bits per heavy atom. The third-order valence-electron chi connectivity index (χ3n) is 8.49. The molecule has 53 heavy (non-hydrogen) atoms. The molecular weight excluding hydrogens is 704 g/mol. The first kappa shape index (κ1) is 43.1. The number of benzene rings is 1. The number of piperazine rings is 1. The van der Waals surface area contributed by atoms with Crippen molar-refractivity contribution in [3.05, 3.63) is 35.9 Å². The van der Waals surface area contributed by atoms with Crippen LogP contribution in [0.1, 0.15) is 5.56 Å². The number of hydrogen-bond donors (Lipinski definition) is 7. The highest BCUT2D eigenvalue weighted by Crippen LogP contribution is 2.14. The van der Waals surface area contributed by atoms with Crippen LogP contribution in [0.2, 0.25) is 0 Å². The maximum absolute atomic E-state index is 12.4. The van der Waals surface area contributed by atoms with Crippen LogP contribution in [0, 0.1) is 0 Å². The van der Waals surface area contributed by atoms with Crippen LogP contribution in [-0.2, 0) is 59.0 Å². The summed E-state index contributed by atoms with van der Waals surface area (Å²) in [6.07, 6.45) is 0. The molecule has 0 bridgehead atoms. The SMILES string of the molecule is COC(=O)[C@@H](CO)NC(=O)[C@H]1COCCN1.COC(=O)[C@@H](CO)NC(=O)[C@H]1COCCN1Cc1ccccc1.O=C1N[C@H](CO)C(=O)N2CCOC[C@H]12. The number of aliphatic hydroxyl groups excluding tert-OH is 3. The number of morpholine rings is 3. The molecule has 5 rings (SSSR count). The Kier molecular flexibility index (Phi) is 18.5. The summed E-state index contributed by atoms with van der Waals surface area (Å²) < 4.78 is 24.6. The van der Waals surface area contributed by atoms with Crippen LogP contribution >= 0.6 is 0 Å². The van der Waals surface area contributed by atoms with Gasteiger partial charge in [0, 0.05) is 26.2 Å². The van der Waals surface area contributed by atoms with Crippen molar-refractivity contribution < 1.29 is 67.8 Å². The smallest absolute Gasteiger partial charge is 0.330 e. The van der Waals surface area contributed by atoms with Gasteiger partial charge < -0.3 is 65.2 Å². The average molecular weight is 755 g/mol. The maximum atomic E-state index is 12.4. The van der Waals surface area contributed by atoms with Crippen LogP contribution in [0.4, 0.5) is 0 Å². The van der Waals surface area contributed by atoms with Crippen molar-refractivity contribution in [2.45, 2.75) is 42.8 Å². The summed E-state index contributed by atoms with van der Waals surface area (Å²) in [5.74, 6) is -2.56. The Hall–Kier alpha value is -4.28. The molecule has 0 aromatic heterocycles. The van der Waals surface area contributed by atoms with Crippen molar-refractivity contribution in [1.29, 1.82) is 0 Å². The van der Waals surface area contributed by atoms with E-state index in [4.69, 9.17) is 24.4 Å². The number of carbonyl (C=O) groups excluding carboxylic acids is 6. The van der Waals surface area contributed by atoms with Crippen LogP contribution < -0.4 is 21.3 Å². The molecule has 4 aliphatic rings. The summed E-state index contributed by atoms with van der Waals surface area (Å²) in [5.41, 5.74) is 1.10. The van der Waals surface area contributed by atoms with Gasteiger partial charge in [-0.1, -0.05) is 30.3 Å². The van der Waals surface area contributed by atoms with E-state index >= 15 is 0 Å². The number of fused-ring (bicyclic) bond motifs is 1. The van der Waals surface area contributed by atoms with Crippen molar-refractivity contribution in [3.63, 3.8) is 0 Å². The summed E-state index contributed by atoms with van der Waals surface area (Å²) in [6.45, 7) is 3.20. The number of methoxy groups -OCH3 is 2. The number of esters is 2. The van der Waals surface area contributed by atoms with Gasteiger partial charge in [0.2, 0.25) is 23.6 Å². The van der Waals surface area contributed by atoms with E-state index in [1.807, 2.05) is 35.2 Å². The van der Waals surface area contributed by atoms with Crippen LogP contribution in [0.3, 0.4) is 0 Å². The summed E-state index contributed by atoms with van der Waals surface area (Å²) in [4.78, 5) is 73.2. The van der Waals surface area contributed by atoms with Gasteiger partial charge in [0.1, 0.15) is 24.2 Å². The van der Waals surface area contributed by atoms with Crippen LogP contribution in [-0.4, -0.2) is 190 Å². The molecule has 296 valence electrons. The second-order valence-electron chi connectivity index (χ2n) is 12.0. The van der Waals surface area contributed by atoms with Gasteiger partial charge >= 0.3 is 11.9 Å². The second-order valence-corrected chi connectivity index (χ2v) is 12.0. The zero-order chi connectivity index (χ0) is 38.8. The molecule has 0 radical (unpaired) electrons. The number of ether oxygens (including phenoxy) is 5. The quantitative estimate of drug-likeness (QED) is 0.104. The third-order valence-corrected chi connectivity index (χ3v) is 8.49. The topological polar surface area (TPSA) is 264 Å². The summed E-state index contributed by atoms with van der Waals surface area (Å²) >= 11 is 0. The Labute approximate surface area is 306 Å². The number of rotatable bonds is 11.